The molecule has 1 heterocycles. The maximum atomic E-state index is 13.5. The third-order valence-corrected chi connectivity index (χ3v) is 2.73. The Morgan fingerprint density at radius 1 is 1.33 bits per heavy atom. The molecule has 0 aliphatic heterocycles. The van der Waals surface area contributed by atoms with Gasteiger partial charge in [-0.05, 0) is 18.2 Å². The van der Waals surface area contributed by atoms with Gasteiger partial charge >= 0.3 is 0 Å². The molecule has 0 spiro atoms. The fourth-order valence-corrected chi connectivity index (χ4v) is 1.66. The normalized spacial score (nSPS) is 10.2. The molecule has 0 bridgehead atoms. The van der Waals surface area contributed by atoms with E-state index >= 15 is 0 Å². The Labute approximate surface area is 115 Å². The molecule has 0 unspecified atom stereocenters. The molecule has 0 radical (unpaired) electrons. The summed E-state index contributed by atoms with van der Waals surface area (Å²) >= 11 is 8.67. The van der Waals surface area contributed by atoms with Crippen molar-refractivity contribution in [3.63, 3.8) is 0 Å². The van der Waals surface area contributed by atoms with Gasteiger partial charge in [-0.15, -0.1) is 0 Å². The summed E-state index contributed by atoms with van der Waals surface area (Å²) in [5.41, 5.74) is -0.0741. The Morgan fingerprint density at radius 2 is 2.11 bits per heavy atom. The quantitative estimate of drug-likeness (QED) is 0.919. The molecule has 1 aromatic heterocycles. The van der Waals surface area contributed by atoms with E-state index in [1.807, 2.05) is 0 Å². The van der Waals surface area contributed by atoms with E-state index in [1.165, 1.54) is 24.5 Å². The fourth-order valence-electron chi connectivity index (χ4n) is 1.23. The molecule has 7 heteroatoms. The number of hydrogen-bond acceptors (Lipinski definition) is 3. The number of nitrogens with one attached hydrogen (secondary N) is 1. The molecule has 2 rings (SSSR count). The predicted molar refractivity (Wildman–Crippen MR) is 69.1 cm³/mol. The molecule has 0 fully saturated rings. The van der Waals surface area contributed by atoms with Crippen LogP contribution in [0.3, 0.4) is 0 Å². The minimum absolute atomic E-state index is 0.0741. The van der Waals surface area contributed by atoms with Crippen molar-refractivity contribution in [2.45, 2.75) is 0 Å². The number of carbonyl (C=O) groups excluding carboxylic acids is 1. The van der Waals surface area contributed by atoms with Gasteiger partial charge < -0.3 is 5.32 Å². The average Bonchev–Trinajstić information content (AvgIpc) is 2.32. The SMILES string of the molecule is O=C(Nc1cnc(Cl)cn1)c1ccc(Br)cc1F. The number of halogens is 3. The second kappa shape index (κ2) is 5.41. The van der Waals surface area contributed by atoms with E-state index < -0.39 is 11.7 Å². The van der Waals surface area contributed by atoms with Crippen LogP contribution in [0, 0.1) is 5.82 Å². The lowest BCUT2D eigenvalue weighted by Crippen LogP contribution is -2.14. The fraction of sp³-hybridized carbons (Fsp3) is 0. The number of amides is 1. The summed E-state index contributed by atoms with van der Waals surface area (Å²) in [4.78, 5) is 19.3. The van der Waals surface area contributed by atoms with E-state index in [4.69, 9.17) is 11.6 Å². The van der Waals surface area contributed by atoms with E-state index in [0.717, 1.165) is 0 Å². The van der Waals surface area contributed by atoms with Crippen molar-refractivity contribution < 1.29 is 9.18 Å². The molecule has 0 aliphatic rings. The van der Waals surface area contributed by atoms with Gasteiger partial charge in [-0.1, -0.05) is 27.5 Å². The number of carbonyl (C=O) groups is 1. The Kier molecular flexibility index (Phi) is 3.88. The summed E-state index contributed by atoms with van der Waals surface area (Å²) < 4.78 is 14.1. The maximum absolute atomic E-state index is 13.5. The molecule has 18 heavy (non-hydrogen) atoms. The van der Waals surface area contributed by atoms with Gasteiger partial charge in [0.1, 0.15) is 11.0 Å². The van der Waals surface area contributed by atoms with Crippen molar-refractivity contribution >= 4 is 39.3 Å². The van der Waals surface area contributed by atoms with Crippen LogP contribution >= 0.6 is 27.5 Å². The smallest absolute Gasteiger partial charge is 0.259 e. The highest BCUT2D eigenvalue weighted by atomic mass is 79.9. The van der Waals surface area contributed by atoms with Gasteiger partial charge in [-0.3, -0.25) is 4.79 Å². The van der Waals surface area contributed by atoms with E-state index in [0.29, 0.717) is 4.47 Å². The van der Waals surface area contributed by atoms with Crippen molar-refractivity contribution in [2.24, 2.45) is 0 Å². The molecule has 0 saturated carbocycles. The highest BCUT2D eigenvalue weighted by Gasteiger charge is 2.12. The Balaban J connectivity index is 2.19. The van der Waals surface area contributed by atoms with Crippen molar-refractivity contribution in [1.29, 1.82) is 0 Å². The second-order valence-corrected chi connectivity index (χ2v) is 4.61. The number of aromatic nitrogens is 2. The van der Waals surface area contributed by atoms with E-state index in [-0.39, 0.29) is 16.5 Å². The zero-order valence-corrected chi connectivity index (χ0v) is 11.2. The van der Waals surface area contributed by atoms with Gasteiger partial charge in [-0.2, -0.15) is 0 Å². The van der Waals surface area contributed by atoms with Crippen LogP contribution in [-0.4, -0.2) is 15.9 Å². The van der Waals surface area contributed by atoms with Crippen LogP contribution in [0.1, 0.15) is 10.4 Å². The number of nitrogens with zero attached hydrogens (tertiary/aromatic N) is 2. The van der Waals surface area contributed by atoms with Crippen LogP contribution in [-0.2, 0) is 0 Å². The molecule has 0 saturated heterocycles. The first-order valence-electron chi connectivity index (χ1n) is 4.80. The molecule has 1 N–H and O–H groups in total. The molecule has 0 atom stereocenters. The first-order valence-corrected chi connectivity index (χ1v) is 5.97. The summed E-state index contributed by atoms with van der Waals surface area (Å²) in [6, 6.07) is 4.16. The van der Waals surface area contributed by atoms with Crippen molar-refractivity contribution in [3.8, 4) is 0 Å². The van der Waals surface area contributed by atoms with Gasteiger partial charge in [0.05, 0.1) is 18.0 Å². The molecule has 0 aliphatic carbocycles. The Hall–Kier alpha value is -1.53. The van der Waals surface area contributed by atoms with Crippen LogP contribution in [0.15, 0.2) is 35.1 Å². The minimum Gasteiger partial charge on any atom is -0.305 e. The number of rotatable bonds is 2. The summed E-state index contributed by atoms with van der Waals surface area (Å²) in [7, 11) is 0. The lowest BCUT2D eigenvalue weighted by Gasteiger charge is -2.05. The van der Waals surface area contributed by atoms with Crippen molar-refractivity contribution in [3.05, 3.63) is 51.6 Å². The van der Waals surface area contributed by atoms with Gasteiger partial charge in [0, 0.05) is 4.47 Å². The number of anilines is 1. The minimum atomic E-state index is -0.621. The van der Waals surface area contributed by atoms with Gasteiger partial charge in [0.15, 0.2) is 5.82 Å². The van der Waals surface area contributed by atoms with Crippen LogP contribution in [0.4, 0.5) is 10.2 Å². The first-order chi connectivity index (χ1) is 8.56. The highest BCUT2D eigenvalue weighted by Crippen LogP contribution is 2.16. The molecule has 1 amide bonds. The number of benzene rings is 1. The first kappa shape index (κ1) is 12.9. The second-order valence-electron chi connectivity index (χ2n) is 3.30. The van der Waals surface area contributed by atoms with E-state index in [2.05, 4.69) is 31.2 Å². The molecule has 2 aromatic rings. The average molecular weight is 331 g/mol. The molecular weight excluding hydrogens is 324 g/mol. The maximum Gasteiger partial charge on any atom is 0.259 e. The van der Waals surface area contributed by atoms with Gasteiger partial charge in [0.25, 0.3) is 5.91 Å². The van der Waals surface area contributed by atoms with Crippen molar-refractivity contribution in [2.75, 3.05) is 5.32 Å². The summed E-state index contributed by atoms with van der Waals surface area (Å²) in [6.07, 6.45) is 2.58. The molecule has 92 valence electrons. The van der Waals surface area contributed by atoms with Crippen LogP contribution < -0.4 is 5.32 Å². The summed E-state index contributed by atoms with van der Waals surface area (Å²) in [5, 5.41) is 2.63. The van der Waals surface area contributed by atoms with E-state index in [9.17, 15) is 9.18 Å². The topological polar surface area (TPSA) is 54.9 Å². The van der Waals surface area contributed by atoms with E-state index in [1.54, 1.807) is 6.07 Å². The Bertz CT molecular complexity index is 591. The molecule has 1 aromatic carbocycles. The zero-order chi connectivity index (χ0) is 13.1. The molecule has 4 nitrogen and oxygen atoms in total. The standard InChI is InChI=1S/C11H6BrClFN3O/c12-6-1-2-7(8(14)3-6)11(18)17-10-5-15-9(13)4-16-10/h1-5H,(H,16,17,18). The molecular formula is C11H6BrClFN3O. The third kappa shape index (κ3) is 3.02. The largest absolute Gasteiger partial charge is 0.305 e. The predicted octanol–water partition coefficient (Wildman–Crippen LogP) is 3.28. The highest BCUT2D eigenvalue weighted by molar-refractivity contribution is 9.10. The lowest BCUT2D eigenvalue weighted by atomic mass is 10.2. The van der Waals surface area contributed by atoms with Crippen molar-refractivity contribution in [1.82, 2.24) is 9.97 Å². The van der Waals surface area contributed by atoms with Crippen LogP contribution in [0.25, 0.3) is 0 Å². The lowest BCUT2D eigenvalue weighted by molar-refractivity contribution is 0.102. The third-order valence-electron chi connectivity index (χ3n) is 2.04. The van der Waals surface area contributed by atoms with Crippen LogP contribution in [0.5, 0.6) is 0 Å². The van der Waals surface area contributed by atoms with Gasteiger partial charge in [0.2, 0.25) is 0 Å². The zero-order valence-electron chi connectivity index (χ0n) is 8.82. The van der Waals surface area contributed by atoms with Gasteiger partial charge in [-0.25, -0.2) is 14.4 Å². The van der Waals surface area contributed by atoms with Crippen LogP contribution in [0.2, 0.25) is 5.15 Å². The number of hydrogen-bond donors (Lipinski definition) is 1. The summed E-state index contributed by atoms with van der Waals surface area (Å²) in [5.74, 6) is -1.02. The summed E-state index contributed by atoms with van der Waals surface area (Å²) in [6.45, 7) is 0. The monoisotopic (exact) mass is 329 g/mol. The Morgan fingerprint density at radius 3 is 2.72 bits per heavy atom.